The first-order valence-corrected chi connectivity index (χ1v) is 20.9. The molecule has 0 aromatic heterocycles. The van der Waals surface area contributed by atoms with Gasteiger partial charge in [0, 0.05) is 12.8 Å². The fraction of sp³-hybridized carbons (Fsp3) is 0.818. The predicted molar refractivity (Wildman–Crippen MR) is 209 cm³/mol. The molecule has 1 unspecified atom stereocenters. The minimum Gasteiger partial charge on any atom is -0.481 e. The molecule has 48 heavy (non-hydrogen) atoms. The summed E-state index contributed by atoms with van der Waals surface area (Å²) in [5, 5.41) is 8.65. The molecule has 0 bridgehead atoms. The maximum Gasteiger partial charge on any atom is 0.306 e. The second kappa shape index (κ2) is 39.6. The van der Waals surface area contributed by atoms with Crippen LogP contribution in [0.1, 0.15) is 226 Å². The van der Waals surface area contributed by atoms with Crippen molar-refractivity contribution in [1.82, 2.24) is 0 Å². The number of carboxylic acids is 1. The maximum atomic E-state index is 12.2. The van der Waals surface area contributed by atoms with Gasteiger partial charge < -0.3 is 9.84 Å². The van der Waals surface area contributed by atoms with Gasteiger partial charge in [-0.15, -0.1) is 0 Å². The molecule has 0 heterocycles. The molecule has 0 spiro atoms. The van der Waals surface area contributed by atoms with Crippen molar-refractivity contribution in [2.45, 2.75) is 232 Å². The van der Waals surface area contributed by atoms with Crippen molar-refractivity contribution in [2.24, 2.45) is 0 Å². The lowest BCUT2D eigenvalue weighted by Crippen LogP contribution is -2.14. The SMILES string of the molecule is CC/C=C\C/C=C\C/C=C\CCCCCCCCCC(=O)OC(C)CCCCCCCCCCCCCCCCCCCCCC(=O)O. The van der Waals surface area contributed by atoms with Gasteiger partial charge in [-0.3, -0.25) is 9.59 Å². The summed E-state index contributed by atoms with van der Waals surface area (Å²) in [7, 11) is 0. The van der Waals surface area contributed by atoms with Crippen LogP contribution in [0.2, 0.25) is 0 Å². The molecule has 4 nitrogen and oxygen atoms in total. The number of unbranched alkanes of at least 4 members (excludes halogenated alkanes) is 25. The first-order valence-electron chi connectivity index (χ1n) is 20.9. The fourth-order valence-corrected chi connectivity index (χ4v) is 6.30. The summed E-state index contributed by atoms with van der Waals surface area (Å²) in [6.45, 7) is 4.23. The third-order valence-electron chi connectivity index (χ3n) is 9.37. The van der Waals surface area contributed by atoms with Gasteiger partial charge in [0.1, 0.15) is 0 Å². The smallest absolute Gasteiger partial charge is 0.306 e. The summed E-state index contributed by atoms with van der Waals surface area (Å²) >= 11 is 0. The van der Waals surface area contributed by atoms with Crippen LogP contribution in [0.4, 0.5) is 0 Å². The second-order valence-electron chi connectivity index (χ2n) is 14.3. The summed E-state index contributed by atoms with van der Waals surface area (Å²) in [5.41, 5.74) is 0. The van der Waals surface area contributed by atoms with Crippen LogP contribution in [-0.4, -0.2) is 23.1 Å². The molecule has 0 amide bonds. The van der Waals surface area contributed by atoms with Gasteiger partial charge in [-0.25, -0.2) is 0 Å². The molecule has 1 atom stereocenters. The predicted octanol–water partition coefficient (Wildman–Crippen LogP) is 14.6. The minimum atomic E-state index is -0.660. The Kier molecular flexibility index (Phi) is 38.1. The maximum absolute atomic E-state index is 12.2. The van der Waals surface area contributed by atoms with Crippen molar-refractivity contribution in [3.05, 3.63) is 36.5 Å². The van der Waals surface area contributed by atoms with Crippen LogP contribution in [0.15, 0.2) is 36.5 Å². The highest BCUT2D eigenvalue weighted by Crippen LogP contribution is 2.16. The number of carboxylic acid groups (broad SMARTS) is 1. The number of ether oxygens (including phenoxy) is 1. The van der Waals surface area contributed by atoms with Crippen LogP contribution in [0.25, 0.3) is 0 Å². The third-order valence-corrected chi connectivity index (χ3v) is 9.37. The Hall–Kier alpha value is -1.84. The lowest BCUT2D eigenvalue weighted by atomic mass is 10.0. The van der Waals surface area contributed by atoms with Crippen molar-refractivity contribution in [2.75, 3.05) is 0 Å². The van der Waals surface area contributed by atoms with Crippen molar-refractivity contribution < 1.29 is 19.4 Å². The average Bonchev–Trinajstić information content (AvgIpc) is 3.06. The van der Waals surface area contributed by atoms with Gasteiger partial charge in [-0.2, -0.15) is 0 Å². The average molecular weight is 673 g/mol. The number of aliphatic carboxylic acids is 1. The zero-order valence-corrected chi connectivity index (χ0v) is 32.0. The summed E-state index contributed by atoms with van der Waals surface area (Å²) in [6.07, 6.45) is 53.1. The van der Waals surface area contributed by atoms with Crippen LogP contribution in [0.5, 0.6) is 0 Å². The topological polar surface area (TPSA) is 63.6 Å². The third kappa shape index (κ3) is 40.3. The molecule has 0 fully saturated rings. The lowest BCUT2D eigenvalue weighted by Gasteiger charge is -2.13. The van der Waals surface area contributed by atoms with E-state index in [1.807, 2.05) is 0 Å². The highest BCUT2D eigenvalue weighted by atomic mass is 16.5. The van der Waals surface area contributed by atoms with E-state index in [0.29, 0.717) is 12.8 Å². The number of allylic oxidation sites excluding steroid dienone is 6. The zero-order chi connectivity index (χ0) is 35.0. The molecule has 0 rings (SSSR count). The molecule has 4 heteroatoms. The second-order valence-corrected chi connectivity index (χ2v) is 14.3. The molecular weight excluding hydrogens is 592 g/mol. The van der Waals surface area contributed by atoms with E-state index in [2.05, 4.69) is 50.3 Å². The molecule has 0 aromatic carbocycles. The van der Waals surface area contributed by atoms with E-state index < -0.39 is 5.97 Å². The number of rotatable bonds is 38. The number of hydrogen-bond donors (Lipinski definition) is 1. The van der Waals surface area contributed by atoms with Crippen molar-refractivity contribution in [1.29, 1.82) is 0 Å². The van der Waals surface area contributed by atoms with Crippen molar-refractivity contribution in [3.8, 4) is 0 Å². The Bertz CT molecular complexity index is 768. The van der Waals surface area contributed by atoms with Gasteiger partial charge in [0.2, 0.25) is 0 Å². The first-order chi connectivity index (χ1) is 23.6. The summed E-state index contributed by atoms with van der Waals surface area (Å²) < 4.78 is 5.66. The van der Waals surface area contributed by atoms with E-state index in [9.17, 15) is 9.59 Å². The summed E-state index contributed by atoms with van der Waals surface area (Å²) in [5.74, 6) is -0.661. The molecule has 0 saturated heterocycles. The van der Waals surface area contributed by atoms with E-state index >= 15 is 0 Å². The molecule has 0 aliphatic heterocycles. The largest absolute Gasteiger partial charge is 0.481 e. The Balaban J connectivity index is 3.31. The molecule has 0 radical (unpaired) electrons. The van der Waals surface area contributed by atoms with Gasteiger partial charge >= 0.3 is 11.9 Å². The quantitative estimate of drug-likeness (QED) is 0.0403. The molecule has 0 aliphatic carbocycles. The molecule has 0 aromatic rings. The molecule has 0 saturated carbocycles. The van der Waals surface area contributed by atoms with E-state index in [0.717, 1.165) is 51.4 Å². The lowest BCUT2D eigenvalue weighted by molar-refractivity contribution is -0.148. The highest BCUT2D eigenvalue weighted by molar-refractivity contribution is 5.69. The number of carbonyl (C=O) groups excluding carboxylic acids is 1. The summed E-state index contributed by atoms with van der Waals surface area (Å²) in [6, 6.07) is 0. The van der Waals surface area contributed by atoms with E-state index in [-0.39, 0.29) is 12.1 Å². The van der Waals surface area contributed by atoms with E-state index in [1.54, 1.807) is 0 Å². The standard InChI is InChI=1S/C44H80O4/c1-3-4-5-6-7-8-9-10-11-15-20-23-26-29-32-35-38-41-44(47)48-42(2)39-36-33-30-27-24-21-18-16-13-12-14-17-19-22-25-28-31-34-37-40-43(45)46/h4-5,7-8,10-11,42H,3,6,9,12-41H2,1-2H3,(H,45,46)/b5-4-,8-7-,11-10-. The Morgan fingerprint density at radius 1 is 0.479 bits per heavy atom. The van der Waals surface area contributed by atoms with Crippen LogP contribution in [0.3, 0.4) is 0 Å². The normalized spacial score (nSPS) is 12.5. The van der Waals surface area contributed by atoms with Gasteiger partial charge in [0.05, 0.1) is 6.10 Å². The number of hydrogen-bond acceptors (Lipinski definition) is 3. The van der Waals surface area contributed by atoms with E-state index in [4.69, 9.17) is 9.84 Å². The zero-order valence-electron chi connectivity index (χ0n) is 32.0. The van der Waals surface area contributed by atoms with Crippen LogP contribution >= 0.6 is 0 Å². The van der Waals surface area contributed by atoms with Gasteiger partial charge in [0.25, 0.3) is 0 Å². The Morgan fingerprint density at radius 3 is 1.27 bits per heavy atom. The van der Waals surface area contributed by atoms with Crippen LogP contribution in [-0.2, 0) is 14.3 Å². The summed E-state index contributed by atoms with van der Waals surface area (Å²) in [4.78, 5) is 22.7. The number of carbonyl (C=O) groups is 2. The molecule has 280 valence electrons. The van der Waals surface area contributed by atoms with Gasteiger partial charge in [0.15, 0.2) is 0 Å². The minimum absolute atomic E-state index is 0.000135. The Morgan fingerprint density at radius 2 is 0.833 bits per heavy atom. The van der Waals surface area contributed by atoms with Crippen molar-refractivity contribution >= 4 is 11.9 Å². The molecule has 1 N–H and O–H groups in total. The van der Waals surface area contributed by atoms with Crippen molar-refractivity contribution in [3.63, 3.8) is 0 Å². The molecular formula is C44H80O4. The number of esters is 1. The molecule has 0 aliphatic rings. The van der Waals surface area contributed by atoms with Crippen LogP contribution in [0, 0.1) is 0 Å². The Labute approximate surface area is 299 Å². The fourth-order valence-electron chi connectivity index (χ4n) is 6.30. The van der Waals surface area contributed by atoms with Gasteiger partial charge in [-0.1, -0.05) is 185 Å². The van der Waals surface area contributed by atoms with E-state index in [1.165, 1.54) is 148 Å². The monoisotopic (exact) mass is 673 g/mol. The highest BCUT2D eigenvalue weighted by Gasteiger charge is 2.09. The van der Waals surface area contributed by atoms with Gasteiger partial charge in [-0.05, 0) is 64.7 Å². The first kappa shape index (κ1) is 46.2. The van der Waals surface area contributed by atoms with Crippen LogP contribution < -0.4 is 0 Å².